The van der Waals surface area contributed by atoms with E-state index in [1.165, 1.54) is 19.1 Å². The molecule has 234 valence electrons. The summed E-state index contributed by atoms with van der Waals surface area (Å²) in [6.45, 7) is 5.89. The van der Waals surface area contributed by atoms with E-state index in [0.29, 0.717) is 39.3 Å². The van der Waals surface area contributed by atoms with Crippen LogP contribution in [0.1, 0.15) is 55.2 Å². The van der Waals surface area contributed by atoms with E-state index in [4.69, 9.17) is 16.3 Å². The standard InChI is InChI=1S/C36H34ClFN6O2/c1-23(45)42-32-8-3-25(15-31(32)37)19-43-12-10-36(20-43)11-13-44(21-36)35-34(18-40-22-41-35)46-33-9-6-27(38)16-30(33)28-7-2-24(17-39)14-29(28)26-4-5-26/h2-3,6-9,14-16,18,22,26H,4-5,10-13,19-21H2,1H3,(H,42,45). The summed E-state index contributed by atoms with van der Waals surface area (Å²) in [5, 5.41) is 12.8. The molecule has 1 N–H and O–H groups in total. The molecule has 1 aliphatic carbocycles. The Morgan fingerprint density at radius 3 is 2.72 bits per heavy atom. The van der Waals surface area contributed by atoms with E-state index in [1.54, 1.807) is 24.7 Å². The molecule has 8 nitrogen and oxygen atoms in total. The zero-order chi connectivity index (χ0) is 31.8. The second kappa shape index (κ2) is 12.3. The summed E-state index contributed by atoms with van der Waals surface area (Å²) in [6, 6.07) is 18.2. The topological polar surface area (TPSA) is 94.4 Å². The van der Waals surface area contributed by atoms with Crippen LogP contribution in [0, 0.1) is 22.6 Å². The Labute approximate surface area is 272 Å². The number of anilines is 2. The van der Waals surface area contributed by atoms with Gasteiger partial charge in [-0.3, -0.25) is 9.69 Å². The number of carbonyl (C=O) groups excluding carboxylic acids is 1. The Morgan fingerprint density at radius 2 is 1.93 bits per heavy atom. The number of benzene rings is 3. The number of nitrogens with zero attached hydrogens (tertiary/aromatic N) is 5. The number of rotatable bonds is 8. The summed E-state index contributed by atoms with van der Waals surface area (Å²) < 4.78 is 21.2. The third-order valence-corrected chi connectivity index (χ3v) is 9.63. The number of amides is 1. The monoisotopic (exact) mass is 636 g/mol. The largest absolute Gasteiger partial charge is 0.451 e. The molecule has 46 heavy (non-hydrogen) atoms. The maximum absolute atomic E-state index is 14.6. The molecule has 10 heteroatoms. The highest BCUT2D eigenvalue weighted by atomic mass is 35.5. The lowest BCUT2D eigenvalue weighted by atomic mass is 9.86. The molecule has 3 aromatic carbocycles. The van der Waals surface area contributed by atoms with Crippen molar-refractivity contribution in [1.29, 1.82) is 5.26 Å². The van der Waals surface area contributed by atoms with Crippen LogP contribution in [0.5, 0.6) is 11.5 Å². The first-order valence-corrected chi connectivity index (χ1v) is 16.0. The second-order valence-corrected chi connectivity index (χ2v) is 13.2. The summed E-state index contributed by atoms with van der Waals surface area (Å²) in [5.74, 6) is 1.64. The third kappa shape index (κ3) is 6.28. The molecule has 7 rings (SSSR count). The maximum atomic E-state index is 14.6. The lowest BCUT2D eigenvalue weighted by Gasteiger charge is -2.26. The van der Waals surface area contributed by atoms with Crippen molar-refractivity contribution in [3.8, 4) is 28.7 Å². The van der Waals surface area contributed by atoms with Crippen LogP contribution in [0.2, 0.25) is 5.02 Å². The highest BCUT2D eigenvalue weighted by molar-refractivity contribution is 6.33. The van der Waals surface area contributed by atoms with Crippen LogP contribution >= 0.6 is 11.6 Å². The predicted octanol–water partition coefficient (Wildman–Crippen LogP) is 7.54. The predicted molar refractivity (Wildman–Crippen MR) is 176 cm³/mol. The number of nitrogens with one attached hydrogen (secondary N) is 1. The Morgan fingerprint density at radius 1 is 1.09 bits per heavy atom. The van der Waals surface area contributed by atoms with Crippen molar-refractivity contribution < 1.29 is 13.9 Å². The number of hydrogen-bond donors (Lipinski definition) is 1. The van der Waals surface area contributed by atoms with Crippen molar-refractivity contribution in [2.24, 2.45) is 5.41 Å². The molecule has 1 saturated carbocycles. The smallest absolute Gasteiger partial charge is 0.221 e. The number of halogens is 2. The molecule has 4 aromatic rings. The molecule has 1 spiro atoms. The Bertz CT molecular complexity index is 1860. The van der Waals surface area contributed by atoms with E-state index in [-0.39, 0.29) is 17.1 Å². The van der Waals surface area contributed by atoms with Crippen molar-refractivity contribution in [1.82, 2.24) is 14.9 Å². The van der Waals surface area contributed by atoms with Gasteiger partial charge in [-0.05, 0) is 97.3 Å². The highest BCUT2D eigenvalue weighted by Crippen LogP contribution is 2.48. The van der Waals surface area contributed by atoms with Gasteiger partial charge in [0.2, 0.25) is 5.91 Å². The average Bonchev–Trinajstić information content (AvgIpc) is 3.71. The van der Waals surface area contributed by atoms with E-state index in [2.05, 4.69) is 31.2 Å². The summed E-state index contributed by atoms with van der Waals surface area (Å²) in [4.78, 5) is 25.1. The summed E-state index contributed by atoms with van der Waals surface area (Å²) in [6.07, 6.45) is 7.43. The maximum Gasteiger partial charge on any atom is 0.221 e. The number of hydrogen-bond acceptors (Lipinski definition) is 7. The van der Waals surface area contributed by atoms with Gasteiger partial charge in [-0.25, -0.2) is 14.4 Å². The number of ether oxygens (including phenoxy) is 1. The summed E-state index contributed by atoms with van der Waals surface area (Å²) in [7, 11) is 0. The van der Waals surface area contributed by atoms with Crippen molar-refractivity contribution in [2.75, 3.05) is 36.4 Å². The van der Waals surface area contributed by atoms with Crippen molar-refractivity contribution in [3.05, 3.63) is 94.7 Å². The van der Waals surface area contributed by atoms with Crippen molar-refractivity contribution in [3.63, 3.8) is 0 Å². The number of aromatic nitrogens is 2. The molecule has 2 aliphatic heterocycles. The van der Waals surface area contributed by atoms with E-state index in [9.17, 15) is 14.4 Å². The average molecular weight is 637 g/mol. The van der Waals surface area contributed by atoms with E-state index < -0.39 is 0 Å². The van der Waals surface area contributed by atoms with Crippen LogP contribution in [0.25, 0.3) is 11.1 Å². The second-order valence-electron chi connectivity index (χ2n) is 12.8. The quantitative estimate of drug-likeness (QED) is 0.214. The minimum atomic E-state index is -0.351. The van der Waals surface area contributed by atoms with Gasteiger partial charge in [-0.1, -0.05) is 23.7 Å². The van der Waals surface area contributed by atoms with Crippen LogP contribution in [0.15, 0.2) is 67.1 Å². The number of carbonyl (C=O) groups is 1. The van der Waals surface area contributed by atoms with Gasteiger partial charge >= 0.3 is 0 Å². The molecular formula is C36H34ClFN6O2. The van der Waals surface area contributed by atoms with Gasteiger partial charge in [0.1, 0.15) is 17.9 Å². The number of likely N-dealkylation sites (tertiary alicyclic amines) is 1. The van der Waals surface area contributed by atoms with Gasteiger partial charge < -0.3 is 15.0 Å². The fourth-order valence-corrected chi connectivity index (χ4v) is 7.22. The fraction of sp³-hybridized carbons (Fsp3) is 0.333. The van der Waals surface area contributed by atoms with Gasteiger partial charge in [0.05, 0.1) is 28.5 Å². The van der Waals surface area contributed by atoms with Crippen LogP contribution in [-0.2, 0) is 11.3 Å². The molecule has 3 heterocycles. The lowest BCUT2D eigenvalue weighted by molar-refractivity contribution is -0.114. The van der Waals surface area contributed by atoms with Crippen LogP contribution in [0.4, 0.5) is 15.9 Å². The van der Waals surface area contributed by atoms with E-state index in [0.717, 1.165) is 80.9 Å². The molecule has 0 bridgehead atoms. The zero-order valence-electron chi connectivity index (χ0n) is 25.6. The molecule has 2 saturated heterocycles. The molecular weight excluding hydrogens is 603 g/mol. The van der Waals surface area contributed by atoms with Crippen LogP contribution in [0.3, 0.4) is 0 Å². The fourth-order valence-electron chi connectivity index (χ4n) is 6.97. The third-order valence-electron chi connectivity index (χ3n) is 9.31. The Balaban J connectivity index is 1.08. The van der Waals surface area contributed by atoms with Crippen LogP contribution < -0.4 is 15.0 Å². The van der Waals surface area contributed by atoms with Gasteiger partial charge in [0.25, 0.3) is 0 Å². The Kier molecular flexibility index (Phi) is 8.09. The minimum Gasteiger partial charge on any atom is -0.451 e. The molecule has 1 unspecified atom stereocenters. The summed E-state index contributed by atoms with van der Waals surface area (Å²) in [5.41, 5.74) is 5.04. The Hall–Kier alpha value is -4.52. The summed E-state index contributed by atoms with van der Waals surface area (Å²) >= 11 is 6.43. The van der Waals surface area contributed by atoms with Gasteiger partial charge in [0.15, 0.2) is 11.6 Å². The lowest BCUT2D eigenvalue weighted by Crippen LogP contribution is -2.31. The van der Waals surface area contributed by atoms with Crippen molar-refractivity contribution in [2.45, 2.75) is 45.1 Å². The first kappa shape index (κ1) is 30.2. The molecule has 1 amide bonds. The normalized spacial score (nSPS) is 19.4. The van der Waals surface area contributed by atoms with Crippen LogP contribution in [-0.4, -0.2) is 47.0 Å². The first-order chi connectivity index (χ1) is 22.3. The van der Waals surface area contributed by atoms with Gasteiger partial charge in [0, 0.05) is 44.1 Å². The molecule has 3 fully saturated rings. The zero-order valence-corrected chi connectivity index (χ0v) is 26.4. The van der Waals surface area contributed by atoms with Gasteiger partial charge in [-0.2, -0.15) is 5.26 Å². The molecule has 3 aliphatic rings. The van der Waals surface area contributed by atoms with Crippen molar-refractivity contribution >= 4 is 29.0 Å². The SMILES string of the molecule is CC(=O)Nc1ccc(CN2CCC3(CCN(c4ncncc4Oc4ccc(F)cc4-c4ccc(C#N)cc4C4CC4)C3)C2)cc1Cl. The van der Waals surface area contributed by atoms with E-state index >= 15 is 0 Å². The van der Waals surface area contributed by atoms with Gasteiger partial charge in [-0.15, -0.1) is 0 Å². The minimum absolute atomic E-state index is 0.130. The first-order valence-electron chi connectivity index (χ1n) is 15.6. The molecule has 1 atom stereocenters. The highest BCUT2D eigenvalue weighted by Gasteiger charge is 2.44. The van der Waals surface area contributed by atoms with E-state index in [1.807, 2.05) is 30.3 Å². The molecule has 0 radical (unpaired) electrons. The number of nitriles is 1. The molecule has 1 aromatic heterocycles.